The fraction of sp³-hybridized carbons (Fsp3) is 0.400. The molecule has 0 fully saturated rings. The van der Waals surface area contributed by atoms with Gasteiger partial charge in [-0.25, -0.2) is 0 Å². The number of rotatable bonds is 3. The zero-order chi connectivity index (χ0) is 15.6. The molecule has 1 heteroatoms. The predicted molar refractivity (Wildman–Crippen MR) is 93.1 cm³/mol. The normalized spacial score (nSPS) is 13.0. The Hall–Kier alpha value is -1.76. The van der Waals surface area contributed by atoms with Gasteiger partial charge < -0.3 is 5.32 Å². The lowest BCUT2D eigenvalue weighted by molar-refractivity contribution is 0.590. The average Bonchev–Trinajstić information content (AvgIpc) is 2.37. The molecule has 0 spiro atoms. The molecule has 1 atom stereocenters. The van der Waals surface area contributed by atoms with Crippen LogP contribution in [0.25, 0.3) is 0 Å². The molecule has 112 valence electrons. The maximum absolute atomic E-state index is 3.69. The highest BCUT2D eigenvalue weighted by Gasteiger charge is 2.18. The van der Waals surface area contributed by atoms with Crippen LogP contribution in [0.3, 0.4) is 0 Å². The van der Waals surface area contributed by atoms with Crippen molar-refractivity contribution in [3.63, 3.8) is 0 Å². The second-order valence-electron chi connectivity index (χ2n) is 7.02. The Balaban J connectivity index is 2.30. The summed E-state index contributed by atoms with van der Waals surface area (Å²) in [5.74, 6) is 0. The lowest BCUT2D eigenvalue weighted by Gasteiger charge is -2.26. The van der Waals surface area contributed by atoms with Gasteiger partial charge in [-0.15, -0.1) is 0 Å². The zero-order valence-corrected chi connectivity index (χ0v) is 14.1. The van der Waals surface area contributed by atoms with Crippen LogP contribution in [0.4, 0.5) is 5.69 Å². The molecular weight excluding hydrogens is 254 g/mol. The first-order chi connectivity index (χ1) is 9.79. The Bertz CT molecular complexity index is 620. The van der Waals surface area contributed by atoms with Crippen molar-refractivity contribution in [1.82, 2.24) is 0 Å². The zero-order valence-electron chi connectivity index (χ0n) is 14.1. The maximum Gasteiger partial charge on any atom is 0.0488 e. The fourth-order valence-electron chi connectivity index (χ4n) is 2.89. The van der Waals surface area contributed by atoms with E-state index in [1.165, 1.54) is 27.9 Å². The molecule has 0 amide bonds. The number of hydrogen-bond donors (Lipinski definition) is 1. The fourth-order valence-corrected chi connectivity index (χ4v) is 2.89. The highest BCUT2D eigenvalue weighted by atomic mass is 14.9. The van der Waals surface area contributed by atoms with Crippen LogP contribution < -0.4 is 5.32 Å². The summed E-state index contributed by atoms with van der Waals surface area (Å²) in [6.07, 6.45) is 0. The van der Waals surface area contributed by atoms with E-state index >= 15 is 0 Å². The van der Waals surface area contributed by atoms with E-state index in [0.29, 0.717) is 6.04 Å². The second kappa shape index (κ2) is 5.93. The minimum atomic E-state index is 0.144. The SMILES string of the molecule is Cc1ccc(C(C)Nc2ccccc2C(C)(C)C)c(C)c1. The molecule has 0 bridgehead atoms. The van der Waals surface area contributed by atoms with Crippen LogP contribution in [0.5, 0.6) is 0 Å². The molecule has 1 unspecified atom stereocenters. The van der Waals surface area contributed by atoms with E-state index < -0.39 is 0 Å². The lowest BCUT2D eigenvalue weighted by atomic mass is 9.85. The summed E-state index contributed by atoms with van der Waals surface area (Å²) in [5, 5.41) is 3.69. The van der Waals surface area contributed by atoms with E-state index in [4.69, 9.17) is 0 Å². The van der Waals surface area contributed by atoms with Crippen molar-refractivity contribution in [2.45, 2.75) is 53.0 Å². The Labute approximate surface area is 129 Å². The highest BCUT2D eigenvalue weighted by Crippen LogP contribution is 2.32. The Morgan fingerprint density at radius 1 is 0.952 bits per heavy atom. The van der Waals surface area contributed by atoms with Gasteiger partial charge in [0.05, 0.1) is 0 Å². The van der Waals surface area contributed by atoms with Crippen molar-refractivity contribution in [3.05, 3.63) is 64.7 Å². The highest BCUT2D eigenvalue weighted by molar-refractivity contribution is 5.55. The number of para-hydroxylation sites is 1. The molecular formula is C20H27N. The quantitative estimate of drug-likeness (QED) is 0.752. The molecule has 0 saturated heterocycles. The van der Waals surface area contributed by atoms with Gasteiger partial charge in [-0.2, -0.15) is 0 Å². The molecule has 0 radical (unpaired) electrons. The van der Waals surface area contributed by atoms with Crippen LogP contribution in [0, 0.1) is 13.8 Å². The summed E-state index contributed by atoms with van der Waals surface area (Å²) in [5.41, 5.74) is 6.77. The standard InChI is InChI=1S/C20H27N/c1-14-11-12-17(15(2)13-14)16(3)21-19-10-8-7-9-18(19)20(4,5)6/h7-13,16,21H,1-6H3. The lowest BCUT2D eigenvalue weighted by Crippen LogP contribution is -2.16. The summed E-state index contributed by atoms with van der Waals surface area (Å²) in [6, 6.07) is 15.6. The van der Waals surface area contributed by atoms with E-state index in [0.717, 1.165) is 0 Å². The van der Waals surface area contributed by atoms with Crippen LogP contribution >= 0.6 is 0 Å². The molecule has 1 nitrogen and oxygen atoms in total. The maximum atomic E-state index is 3.69. The molecule has 0 aliphatic carbocycles. The van der Waals surface area contributed by atoms with Gasteiger partial charge in [-0.05, 0) is 48.9 Å². The third kappa shape index (κ3) is 3.66. The van der Waals surface area contributed by atoms with Crippen LogP contribution in [0.15, 0.2) is 42.5 Å². The summed E-state index contributed by atoms with van der Waals surface area (Å²) in [6.45, 7) is 13.3. The molecule has 0 aliphatic heterocycles. The average molecular weight is 281 g/mol. The first-order valence-corrected chi connectivity index (χ1v) is 7.72. The van der Waals surface area contributed by atoms with Gasteiger partial charge in [0.15, 0.2) is 0 Å². The third-order valence-electron chi connectivity index (χ3n) is 4.00. The topological polar surface area (TPSA) is 12.0 Å². The van der Waals surface area contributed by atoms with Gasteiger partial charge in [0.1, 0.15) is 0 Å². The van der Waals surface area contributed by atoms with E-state index in [1.807, 2.05) is 0 Å². The summed E-state index contributed by atoms with van der Waals surface area (Å²) in [7, 11) is 0. The molecule has 2 aromatic carbocycles. The minimum absolute atomic E-state index is 0.144. The van der Waals surface area contributed by atoms with E-state index in [-0.39, 0.29) is 5.41 Å². The Kier molecular flexibility index (Phi) is 4.41. The number of anilines is 1. The monoisotopic (exact) mass is 281 g/mol. The number of nitrogens with one attached hydrogen (secondary N) is 1. The van der Waals surface area contributed by atoms with Gasteiger partial charge in [0, 0.05) is 11.7 Å². The Morgan fingerprint density at radius 3 is 2.24 bits per heavy atom. The van der Waals surface area contributed by atoms with Crippen LogP contribution in [0.1, 0.15) is 56.0 Å². The van der Waals surface area contributed by atoms with E-state index in [1.54, 1.807) is 0 Å². The molecule has 2 rings (SSSR count). The smallest absolute Gasteiger partial charge is 0.0488 e. The van der Waals surface area contributed by atoms with Crippen molar-refractivity contribution < 1.29 is 0 Å². The van der Waals surface area contributed by atoms with Crippen LogP contribution in [-0.2, 0) is 5.41 Å². The summed E-state index contributed by atoms with van der Waals surface area (Å²) in [4.78, 5) is 0. The molecule has 0 saturated carbocycles. The first kappa shape index (κ1) is 15.6. The molecule has 0 aliphatic rings. The van der Waals surface area contributed by atoms with Crippen LogP contribution in [-0.4, -0.2) is 0 Å². The largest absolute Gasteiger partial charge is 0.378 e. The Morgan fingerprint density at radius 2 is 1.62 bits per heavy atom. The molecule has 0 heterocycles. The van der Waals surface area contributed by atoms with Gasteiger partial charge in [-0.3, -0.25) is 0 Å². The minimum Gasteiger partial charge on any atom is -0.378 e. The van der Waals surface area contributed by atoms with Crippen molar-refractivity contribution in [2.24, 2.45) is 0 Å². The van der Waals surface area contributed by atoms with Gasteiger partial charge in [-0.1, -0.05) is 62.7 Å². The van der Waals surface area contributed by atoms with Crippen molar-refractivity contribution in [3.8, 4) is 0 Å². The van der Waals surface area contributed by atoms with E-state index in [9.17, 15) is 0 Å². The first-order valence-electron chi connectivity index (χ1n) is 7.72. The van der Waals surface area contributed by atoms with Crippen molar-refractivity contribution in [2.75, 3.05) is 5.32 Å². The summed E-state index contributed by atoms with van der Waals surface area (Å²) >= 11 is 0. The van der Waals surface area contributed by atoms with Crippen molar-refractivity contribution in [1.29, 1.82) is 0 Å². The third-order valence-corrected chi connectivity index (χ3v) is 4.00. The number of hydrogen-bond acceptors (Lipinski definition) is 1. The van der Waals surface area contributed by atoms with Crippen molar-refractivity contribution >= 4 is 5.69 Å². The predicted octanol–water partition coefficient (Wildman–Crippen LogP) is 5.77. The van der Waals surface area contributed by atoms with Crippen LogP contribution in [0.2, 0.25) is 0 Å². The van der Waals surface area contributed by atoms with Gasteiger partial charge in [0.25, 0.3) is 0 Å². The number of benzene rings is 2. The summed E-state index contributed by atoms with van der Waals surface area (Å²) < 4.78 is 0. The van der Waals surface area contributed by atoms with E-state index in [2.05, 4.69) is 89.3 Å². The molecule has 1 N–H and O–H groups in total. The second-order valence-corrected chi connectivity index (χ2v) is 7.02. The van der Waals surface area contributed by atoms with Gasteiger partial charge in [0.2, 0.25) is 0 Å². The molecule has 2 aromatic rings. The number of aryl methyl sites for hydroxylation is 2. The molecule has 0 aromatic heterocycles. The molecule has 21 heavy (non-hydrogen) atoms. The van der Waals surface area contributed by atoms with Gasteiger partial charge >= 0.3 is 0 Å².